The number of carbonyl (C=O) groups is 1. The minimum absolute atomic E-state index is 0.152. The van der Waals surface area contributed by atoms with Crippen molar-refractivity contribution in [3.8, 4) is 0 Å². The molecule has 2 amide bonds. The summed E-state index contributed by atoms with van der Waals surface area (Å²) in [5.74, 6) is 0. The molecule has 2 aromatic heterocycles. The molecule has 0 radical (unpaired) electrons. The number of hydrogen-bond donors (Lipinski definition) is 1. The first kappa shape index (κ1) is 14.8. The highest BCUT2D eigenvalue weighted by molar-refractivity contribution is 7.15. The number of urea groups is 1. The lowest BCUT2D eigenvalue weighted by molar-refractivity contribution is -0.0136. The average Bonchev–Trinajstić information content (AvgIpc) is 3.08. The molecular formula is C13H14ClN3O2S2. The highest BCUT2D eigenvalue weighted by Crippen LogP contribution is 2.29. The van der Waals surface area contributed by atoms with Crippen molar-refractivity contribution in [3.05, 3.63) is 31.9 Å². The van der Waals surface area contributed by atoms with Gasteiger partial charge >= 0.3 is 6.03 Å². The number of thiazole rings is 1. The summed E-state index contributed by atoms with van der Waals surface area (Å²) in [6.45, 7) is 3.52. The molecule has 1 N–H and O–H groups in total. The lowest BCUT2D eigenvalue weighted by Crippen LogP contribution is -2.44. The van der Waals surface area contributed by atoms with Crippen LogP contribution in [-0.4, -0.2) is 35.6 Å². The highest BCUT2D eigenvalue weighted by Gasteiger charge is 2.27. The number of rotatable bonds is 2. The summed E-state index contributed by atoms with van der Waals surface area (Å²) in [4.78, 5) is 18.5. The van der Waals surface area contributed by atoms with Crippen LogP contribution in [0.4, 0.5) is 10.5 Å². The molecule has 3 heterocycles. The third-order valence-corrected chi connectivity index (χ3v) is 5.35. The van der Waals surface area contributed by atoms with Crippen LogP contribution in [0.15, 0.2) is 16.8 Å². The molecule has 112 valence electrons. The van der Waals surface area contributed by atoms with Gasteiger partial charge in [-0.3, -0.25) is 0 Å². The van der Waals surface area contributed by atoms with Crippen molar-refractivity contribution in [1.29, 1.82) is 0 Å². The van der Waals surface area contributed by atoms with Gasteiger partial charge in [0, 0.05) is 17.6 Å². The quantitative estimate of drug-likeness (QED) is 0.903. The number of hydrogen-bond acceptors (Lipinski definition) is 5. The molecule has 1 aliphatic rings. The number of ether oxygens (including phenoxy) is 1. The van der Waals surface area contributed by atoms with E-state index in [0.29, 0.717) is 29.7 Å². The Bertz CT molecular complexity index is 643. The van der Waals surface area contributed by atoms with Crippen LogP contribution in [0.25, 0.3) is 0 Å². The SMILES string of the molecule is Cc1csc([C@H]2CN(C(=O)Nc3ccsc3Cl)CCO2)n1. The molecule has 3 rings (SSSR count). The Morgan fingerprint density at radius 3 is 3.10 bits per heavy atom. The van der Waals surface area contributed by atoms with E-state index in [1.165, 1.54) is 11.3 Å². The third kappa shape index (κ3) is 3.37. The van der Waals surface area contributed by atoms with Gasteiger partial charge in [0.05, 0.1) is 18.8 Å². The van der Waals surface area contributed by atoms with Crippen molar-refractivity contribution in [2.24, 2.45) is 0 Å². The van der Waals surface area contributed by atoms with Crippen molar-refractivity contribution in [2.75, 3.05) is 25.0 Å². The Balaban J connectivity index is 1.65. The van der Waals surface area contributed by atoms with Crippen molar-refractivity contribution in [3.63, 3.8) is 0 Å². The fourth-order valence-electron chi connectivity index (χ4n) is 2.08. The average molecular weight is 344 g/mol. The number of nitrogens with zero attached hydrogens (tertiary/aromatic N) is 2. The van der Waals surface area contributed by atoms with Crippen LogP contribution < -0.4 is 5.32 Å². The predicted octanol–water partition coefficient (Wildman–Crippen LogP) is 3.77. The molecular weight excluding hydrogens is 330 g/mol. The van der Waals surface area contributed by atoms with Crippen LogP contribution in [0.1, 0.15) is 16.8 Å². The third-order valence-electron chi connectivity index (χ3n) is 3.13. The molecule has 0 saturated carbocycles. The first-order valence-electron chi connectivity index (χ1n) is 6.46. The van der Waals surface area contributed by atoms with Crippen LogP contribution in [-0.2, 0) is 4.74 Å². The number of aryl methyl sites for hydroxylation is 1. The lowest BCUT2D eigenvalue weighted by Gasteiger charge is -2.31. The van der Waals surface area contributed by atoms with Gasteiger partial charge in [0.25, 0.3) is 0 Å². The molecule has 1 aliphatic heterocycles. The van der Waals surface area contributed by atoms with Crippen LogP contribution in [0.2, 0.25) is 4.34 Å². The summed E-state index contributed by atoms with van der Waals surface area (Å²) in [7, 11) is 0. The molecule has 8 heteroatoms. The van der Waals surface area contributed by atoms with E-state index in [1.54, 1.807) is 22.3 Å². The summed E-state index contributed by atoms with van der Waals surface area (Å²) in [5.41, 5.74) is 1.63. The van der Waals surface area contributed by atoms with Gasteiger partial charge in [0.15, 0.2) is 0 Å². The van der Waals surface area contributed by atoms with Gasteiger partial charge in [-0.1, -0.05) is 11.6 Å². The molecule has 21 heavy (non-hydrogen) atoms. The van der Waals surface area contributed by atoms with Gasteiger partial charge in [-0.15, -0.1) is 22.7 Å². The van der Waals surface area contributed by atoms with E-state index < -0.39 is 0 Å². The van der Waals surface area contributed by atoms with E-state index in [9.17, 15) is 4.79 Å². The summed E-state index contributed by atoms with van der Waals surface area (Å²) in [6.07, 6.45) is -0.152. The van der Waals surface area contributed by atoms with Crippen LogP contribution in [0.3, 0.4) is 0 Å². The summed E-state index contributed by atoms with van der Waals surface area (Å²) < 4.78 is 6.31. The fraction of sp³-hybridized carbons (Fsp3) is 0.385. The second-order valence-electron chi connectivity index (χ2n) is 4.67. The van der Waals surface area contributed by atoms with Gasteiger partial charge in [-0.05, 0) is 18.4 Å². The van der Waals surface area contributed by atoms with Gasteiger partial charge in [0.2, 0.25) is 0 Å². The zero-order valence-corrected chi connectivity index (χ0v) is 13.7. The van der Waals surface area contributed by atoms with Crippen LogP contribution in [0.5, 0.6) is 0 Å². The Labute approximate surface area is 135 Å². The number of anilines is 1. The van der Waals surface area contributed by atoms with E-state index in [-0.39, 0.29) is 12.1 Å². The van der Waals surface area contributed by atoms with Crippen molar-refractivity contribution < 1.29 is 9.53 Å². The summed E-state index contributed by atoms with van der Waals surface area (Å²) in [6, 6.07) is 1.64. The van der Waals surface area contributed by atoms with Gasteiger partial charge in [-0.25, -0.2) is 9.78 Å². The lowest BCUT2D eigenvalue weighted by atomic mass is 10.3. The van der Waals surface area contributed by atoms with Crippen LogP contribution in [0, 0.1) is 6.92 Å². The van der Waals surface area contributed by atoms with Gasteiger partial charge in [-0.2, -0.15) is 0 Å². The first-order chi connectivity index (χ1) is 10.1. The maximum absolute atomic E-state index is 12.3. The number of nitrogens with one attached hydrogen (secondary N) is 1. The maximum atomic E-state index is 12.3. The second kappa shape index (κ2) is 6.31. The molecule has 0 aromatic carbocycles. The minimum Gasteiger partial charge on any atom is -0.367 e. The van der Waals surface area contributed by atoms with E-state index in [4.69, 9.17) is 16.3 Å². The predicted molar refractivity (Wildman–Crippen MR) is 85.5 cm³/mol. The van der Waals surface area contributed by atoms with E-state index >= 15 is 0 Å². The molecule has 5 nitrogen and oxygen atoms in total. The van der Waals surface area contributed by atoms with Gasteiger partial charge in [0.1, 0.15) is 15.4 Å². The number of carbonyl (C=O) groups excluding carboxylic acids is 1. The molecule has 0 aliphatic carbocycles. The Hall–Kier alpha value is -1.15. The number of aromatic nitrogens is 1. The molecule has 1 atom stereocenters. The van der Waals surface area contributed by atoms with Gasteiger partial charge < -0.3 is 15.0 Å². The maximum Gasteiger partial charge on any atom is 0.322 e. The Morgan fingerprint density at radius 1 is 1.57 bits per heavy atom. The molecule has 0 bridgehead atoms. The van der Waals surface area contributed by atoms with E-state index in [0.717, 1.165) is 10.7 Å². The largest absolute Gasteiger partial charge is 0.367 e. The highest BCUT2D eigenvalue weighted by atomic mass is 35.5. The zero-order chi connectivity index (χ0) is 14.8. The second-order valence-corrected chi connectivity index (χ2v) is 7.08. The van der Waals surface area contributed by atoms with Crippen molar-refractivity contribution >= 4 is 46.0 Å². The van der Waals surface area contributed by atoms with E-state index in [1.807, 2.05) is 17.7 Å². The fourth-order valence-corrected chi connectivity index (χ4v) is 3.75. The molecule has 0 spiro atoms. The summed E-state index contributed by atoms with van der Waals surface area (Å²) in [5, 5.41) is 7.58. The standard InChI is InChI=1S/C13H14ClN3O2S2/c1-8-7-21-12(15-8)10-6-17(3-4-19-10)13(18)16-9-2-5-20-11(9)14/h2,5,7,10H,3-4,6H2,1H3,(H,16,18)/t10-/m1/s1. The van der Waals surface area contributed by atoms with Crippen LogP contribution >= 0.6 is 34.3 Å². The molecule has 0 unspecified atom stereocenters. The zero-order valence-electron chi connectivity index (χ0n) is 11.3. The number of halogens is 1. The monoisotopic (exact) mass is 343 g/mol. The molecule has 1 saturated heterocycles. The number of morpholine rings is 1. The number of amides is 2. The summed E-state index contributed by atoms with van der Waals surface area (Å²) >= 11 is 8.96. The Kier molecular flexibility index (Phi) is 4.44. The minimum atomic E-state index is -0.156. The first-order valence-corrected chi connectivity index (χ1v) is 8.60. The normalized spacial score (nSPS) is 18.8. The Morgan fingerprint density at radius 2 is 2.43 bits per heavy atom. The molecule has 1 fully saturated rings. The van der Waals surface area contributed by atoms with Crippen molar-refractivity contribution in [2.45, 2.75) is 13.0 Å². The topological polar surface area (TPSA) is 54.5 Å². The molecule has 2 aromatic rings. The number of thiophene rings is 1. The smallest absolute Gasteiger partial charge is 0.322 e. The van der Waals surface area contributed by atoms with E-state index in [2.05, 4.69) is 10.3 Å². The van der Waals surface area contributed by atoms with Crippen molar-refractivity contribution in [1.82, 2.24) is 9.88 Å².